The van der Waals surface area contributed by atoms with Gasteiger partial charge >= 0.3 is 0 Å². The first-order chi connectivity index (χ1) is 12.8. The van der Waals surface area contributed by atoms with Crippen LogP contribution in [0.3, 0.4) is 0 Å². The Bertz CT molecular complexity index is 685. The molecule has 1 N–H and O–H groups in total. The molecular formula is C23H29NO2. The van der Waals surface area contributed by atoms with E-state index in [1.54, 1.807) is 0 Å². The Labute approximate surface area is 156 Å². The Morgan fingerprint density at radius 1 is 1.00 bits per heavy atom. The van der Waals surface area contributed by atoms with Gasteiger partial charge in [-0.2, -0.15) is 0 Å². The summed E-state index contributed by atoms with van der Waals surface area (Å²) in [6.07, 6.45) is 8.73. The van der Waals surface area contributed by atoms with E-state index in [4.69, 9.17) is 4.74 Å². The molecule has 1 fully saturated rings. The summed E-state index contributed by atoms with van der Waals surface area (Å²) in [5.41, 5.74) is 2.86. The minimum atomic E-state index is -0.0696. The van der Waals surface area contributed by atoms with Crippen LogP contribution in [0, 0.1) is 0 Å². The first-order valence-electron chi connectivity index (χ1n) is 9.90. The molecule has 3 nitrogen and oxygen atoms in total. The van der Waals surface area contributed by atoms with Crippen molar-refractivity contribution in [1.29, 1.82) is 0 Å². The summed E-state index contributed by atoms with van der Waals surface area (Å²) in [4.78, 5) is 12.5. The van der Waals surface area contributed by atoms with Gasteiger partial charge in [-0.1, -0.05) is 44.7 Å². The third-order valence-corrected chi connectivity index (χ3v) is 5.13. The van der Waals surface area contributed by atoms with Crippen molar-refractivity contribution in [3.8, 4) is 5.75 Å². The zero-order chi connectivity index (χ0) is 18.2. The molecule has 1 amide bonds. The first kappa shape index (κ1) is 18.5. The van der Waals surface area contributed by atoms with Crippen molar-refractivity contribution >= 4 is 11.6 Å². The van der Waals surface area contributed by atoms with E-state index in [-0.39, 0.29) is 5.91 Å². The van der Waals surface area contributed by atoms with Gasteiger partial charge in [0.25, 0.3) is 5.91 Å². The van der Waals surface area contributed by atoms with Gasteiger partial charge in [0, 0.05) is 11.3 Å². The molecule has 26 heavy (non-hydrogen) atoms. The predicted octanol–water partition coefficient (Wildman–Crippen LogP) is 6.17. The van der Waals surface area contributed by atoms with Crippen LogP contribution in [-0.2, 0) is 0 Å². The molecule has 0 atom stereocenters. The van der Waals surface area contributed by atoms with Crippen molar-refractivity contribution in [2.24, 2.45) is 0 Å². The van der Waals surface area contributed by atoms with Crippen molar-refractivity contribution in [2.45, 2.75) is 57.8 Å². The lowest BCUT2D eigenvalue weighted by molar-refractivity contribution is 0.102. The van der Waals surface area contributed by atoms with Gasteiger partial charge in [0.15, 0.2) is 0 Å². The normalized spacial score (nSPS) is 14.8. The van der Waals surface area contributed by atoms with E-state index in [2.05, 4.69) is 24.4 Å². The summed E-state index contributed by atoms with van der Waals surface area (Å²) in [6, 6.07) is 15.7. The lowest BCUT2D eigenvalue weighted by Gasteiger charge is -2.22. The second-order valence-corrected chi connectivity index (χ2v) is 7.14. The maximum Gasteiger partial charge on any atom is 0.255 e. The molecule has 3 rings (SSSR count). The third kappa shape index (κ3) is 5.10. The number of carbonyl (C=O) groups is 1. The predicted molar refractivity (Wildman–Crippen MR) is 107 cm³/mol. The summed E-state index contributed by atoms with van der Waals surface area (Å²) in [6.45, 7) is 2.87. The lowest BCUT2D eigenvalue weighted by atomic mass is 9.84. The number of rotatable bonds is 7. The van der Waals surface area contributed by atoms with Crippen molar-refractivity contribution in [3.63, 3.8) is 0 Å². The number of amides is 1. The number of benzene rings is 2. The molecule has 138 valence electrons. The largest absolute Gasteiger partial charge is 0.494 e. The highest BCUT2D eigenvalue weighted by molar-refractivity contribution is 6.04. The fraction of sp³-hybridized carbons (Fsp3) is 0.435. The number of anilines is 1. The van der Waals surface area contributed by atoms with Gasteiger partial charge < -0.3 is 10.1 Å². The molecule has 0 saturated heterocycles. The molecule has 3 heteroatoms. The average Bonchev–Trinajstić information content (AvgIpc) is 2.70. The van der Waals surface area contributed by atoms with Gasteiger partial charge in [0.05, 0.1) is 6.61 Å². The van der Waals surface area contributed by atoms with Gasteiger partial charge in [0.1, 0.15) is 5.75 Å². The summed E-state index contributed by atoms with van der Waals surface area (Å²) in [5.74, 6) is 1.44. The SMILES string of the molecule is CCCCOc1ccc(NC(=O)c2ccc(C3CCCCC3)cc2)cc1. The smallest absolute Gasteiger partial charge is 0.255 e. The van der Waals surface area contributed by atoms with E-state index in [0.29, 0.717) is 11.5 Å². The minimum absolute atomic E-state index is 0.0696. The van der Waals surface area contributed by atoms with Crippen LogP contribution >= 0.6 is 0 Å². The van der Waals surface area contributed by atoms with Crippen LogP contribution in [0.5, 0.6) is 5.75 Å². The maximum absolute atomic E-state index is 12.5. The highest BCUT2D eigenvalue weighted by Crippen LogP contribution is 2.32. The molecule has 1 aliphatic carbocycles. The zero-order valence-electron chi connectivity index (χ0n) is 15.7. The fourth-order valence-corrected chi connectivity index (χ4v) is 3.51. The average molecular weight is 351 g/mol. The molecule has 0 heterocycles. The summed E-state index contributed by atoms with van der Waals surface area (Å²) < 4.78 is 5.65. The van der Waals surface area contributed by atoms with E-state index in [9.17, 15) is 4.79 Å². The maximum atomic E-state index is 12.5. The van der Waals surface area contributed by atoms with Crippen LogP contribution in [0.15, 0.2) is 48.5 Å². The van der Waals surface area contributed by atoms with Crippen molar-refractivity contribution in [3.05, 3.63) is 59.7 Å². The highest BCUT2D eigenvalue weighted by Gasteiger charge is 2.16. The molecule has 0 unspecified atom stereocenters. The van der Waals surface area contributed by atoms with Gasteiger partial charge in [-0.3, -0.25) is 4.79 Å². The van der Waals surface area contributed by atoms with Crippen LogP contribution in [0.4, 0.5) is 5.69 Å². The summed E-state index contributed by atoms with van der Waals surface area (Å²) in [5, 5.41) is 2.96. The molecule has 0 bridgehead atoms. The molecule has 1 saturated carbocycles. The number of nitrogens with one attached hydrogen (secondary N) is 1. The third-order valence-electron chi connectivity index (χ3n) is 5.13. The second kappa shape index (κ2) is 9.42. The summed E-state index contributed by atoms with van der Waals surface area (Å²) >= 11 is 0. The van der Waals surface area contributed by atoms with E-state index in [0.717, 1.165) is 30.9 Å². The Morgan fingerprint density at radius 3 is 2.35 bits per heavy atom. The van der Waals surface area contributed by atoms with Crippen LogP contribution in [0.2, 0.25) is 0 Å². The van der Waals surface area contributed by atoms with Crippen molar-refractivity contribution < 1.29 is 9.53 Å². The molecule has 2 aromatic carbocycles. The number of hydrogen-bond acceptors (Lipinski definition) is 2. The quantitative estimate of drug-likeness (QED) is 0.606. The fourth-order valence-electron chi connectivity index (χ4n) is 3.51. The van der Waals surface area contributed by atoms with E-state index < -0.39 is 0 Å². The minimum Gasteiger partial charge on any atom is -0.494 e. The van der Waals surface area contributed by atoms with Gasteiger partial charge in [0.2, 0.25) is 0 Å². The van der Waals surface area contributed by atoms with Gasteiger partial charge in [-0.25, -0.2) is 0 Å². The molecule has 0 spiro atoms. The molecule has 0 aromatic heterocycles. The number of hydrogen-bond donors (Lipinski definition) is 1. The molecule has 2 aromatic rings. The van der Waals surface area contributed by atoms with Gasteiger partial charge in [-0.05, 0) is 67.1 Å². The molecule has 0 aliphatic heterocycles. The number of unbranched alkanes of at least 4 members (excludes halogenated alkanes) is 1. The summed E-state index contributed by atoms with van der Waals surface area (Å²) in [7, 11) is 0. The van der Waals surface area contributed by atoms with E-state index in [1.165, 1.54) is 37.7 Å². The molecular weight excluding hydrogens is 322 g/mol. The van der Waals surface area contributed by atoms with Crippen LogP contribution in [0.1, 0.15) is 73.7 Å². The number of carbonyl (C=O) groups excluding carboxylic acids is 1. The van der Waals surface area contributed by atoms with Crippen LogP contribution in [0.25, 0.3) is 0 Å². The standard InChI is InChI=1S/C23H29NO2/c1-2-3-17-26-22-15-13-21(14-16-22)24-23(25)20-11-9-19(10-12-20)18-7-5-4-6-8-18/h9-16,18H,2-8,17H2,1H3,(H,24,25). The molecule has 1 aliphatic rings. The van der Waals surface area contributed by atoms with E-state index >= 15 is 0 Å². The Morgan fingerprint density at radius 2 is 1.69 bits per heavy atom. The first-order valence-corrected chi connectivity index (χ1v) is 9.90. The van der Waals surface area contributed by atoms with Crippen LogP contribution in [-0.4, -0.2) is 12.5 Å². The Balaban J connectivity index is 1.55. The van der Waals surface area contributed by atoms with Crippen molar-refractivity contribution in [1.82, 2.24) is 0 Å². The zero-order valence-corrected chi connectivity index (χ0v) is 15.7. The number of ether oxygens (including phenoxy) is 1. The Kier molecular flexibility index (Phi) is 6.70. The van der Waals surface area contributed by atoms with Crippen LogP contribution < -0.4 is 10.1 Å². The Hall–Kier alpha value is -2.29. The topological polar surface area (TPSA) is 38.3 Å². The van der Waals surface area contributed by atoms with E-state index in [1.807, 2.05) is 36.4 Å². The van der Waals surface area contributed by atoms with Crippen molar-refractivity contribution in [2.75, 3.05) is 11.9 Å². The highest BCUT2D eigenvalue weighted by atomic mass is 16.5. The lowest BCUT2D eigenvalue weighted by Crippen LogP contribution is -2.12. The molecule has 0 radical (unpaired) electrons. The second-order valence-electron chi connectivity index (χ2n) is 7.14. The monoisotopic (exact) mass is 351 g/mol. The van der Waals surface area contributed by atoms with Gasteiger partial charge in [-0.15, -0.1) is 0 Å².